The van der Waals surface area contributed by atoms with Gasteiger partial charge in [-0.1, -0.05) is 0 Å². The van der Waals surface area contributed by atoms with Crippen molar-refractivity contribution in [1.82, 2.24) is 0 Å². The van der Waals surface area contributed by atoms with E-state index >= 15 is 0 Å². The Morgan fingerprint density at radius 3 is 1.53 bits per heavy atom. The van der Waals surface area contributed by atoms with Gasteiger partial charge in [0.15, 0.2) is 0 Å². The molecule has 0 heterocycles. The Morgan fingerprint density at radius 1 is 0.941 bits per heavy atom. The van der Waals surface area contributed by atoms with Crippen LogP contribution in [0.2, 0.25) is 0 Å². The van der Waals surface area contributed by atoms with Crippen LogP contribution >= 0.6 is 7.99 Å². The minimum absolute atomic E-state index is 1.65. The summed E-state index contributed by atoms with van der Waals surface area (Å²) in [4.78, 5) is 0. The molecule has 104 valence electrons. The Labute approximate surface area is 86.2 Å². The van der Waals surface area contributed by atoms with E-state index in [1.165, 1.54) is 0 Å². The van der Waals surface area contributed by atoms with E-state index in [4.69, 9.17) is 0 Å². The minimum Gasteiger partial charge on any atom is -0.218 e. The van der Waals surface area contributed by atoms with E-state index in [9.17, 15) is 48.1 Å². The molecule has 0 radical (unpaired) electrons. The summed E-state index contributed by atoms with van der Waals surface area (Å²) in [5, 5.41) is 0. The van der Waals surface area contributed by atoms with Gasteiger partial charge in [0.05, 0.1) is 0 Å². The van der Waals surface area contributed by atoms with E-state index < -0.39 is 32.4 Å². The van der Waals surface area contributed by atoms with Crippen molar-refractivity contribution >= 4 is 7.99 Å². The van der Waals surface area contributed by atoms with E-state index in [2.05, 4.69) is 0 Å². The number of hydrogen-bond acceptors (Lipinski definition) is 2. The molecule has 17 heavy (non-hydrogen) atoms. The molecule has 0 saturated heterocycles. The minimum atomic E-state index is -7.29. The van der Waals surface area contributed by atoms with Gasteiger partial charge in [-0.2, -0.15) is 26.3 Å². The summed E-state index contributed by atoms with van der Waals surface area (Å²) in [5.41, 5.74) is 0. The molecule has 0 aliphatic rings. The van der Waals surface area contributed by atoms with E-state index in [1.807, 2.05) is 0 Å². The fourth-order valence-corrected chi connectivity index (χ4v) is 0.903. The van der Waals surface area contributed by atoms with Gasteiger partial charge in [0.25, 0.3) is 0 Å². The van der Waals surface area contributed by atoms with Crippen LogP contribution in [0.1, 0.15) is 0 Å². The first kappa shape index (κ1) is 16.5. The monoisotopic (exact) mass is 302 g/mol. The van der Waals surface area contributed by atoms with Crippen LogP contribution in [-0.2, 0) is 9.09 Å². The normalized spacial score (nSPS) is 15.5. The summed E-state index contributed by atoms with van der Waals surface area (Å²) in [7, 11) is -7.29. The summed E-state index contributed by atoms with van der Waals surface area (Å²) in [5.74, 6) is -13.6. The van der Waals surface area contributed by atoms with Gasteiger partial charge in [0.1, 0.15) is 0 Å². The Bertz CT molecular complexity index is 320. The van der Waals surface area contributed by atoms with E-state index in [0.29, 0.717) is 0 Å². The molecule has 0 saturated carbocycles. The van der Waals surface area contributed by atoms with Crippen molar-refractivity contribution in [2.45, 2.75) is 24.4 Å². The first-order valence-corrected chi connectivity index (χ1v) is 4.67. The third-order valence-electron chi connectivity index (χ3n) is 1.28. The second kappa shape index (κ2) is 4.30. The highest BCUT2D eigenvalue weighted by molar-refractivity contribution is 7.47. The quantitative estimate of drug-likeness (QED) is 0.562. The Balaban J connectivity index is 5.37. The highest BCUT2D eigenvalue weighted by Crippen LogP contribution is 2.59. The van der Waals surface area contributed by atoms with Gasteiger partial charge in [-0.25, -0.2) is 17.9 Å². The Morgan fingerprint density at radius 2 is 1.29 bits per heavy atom. The average Bonchev–Trinajstić information content (AvgIpc) is 1.98. The maximum Gasteiger partial charge on any atom is 0.556 e. The van der Waals surface area contributed by atoms with Crippen LogP contribution in [0.4, 0.5) is 43.5 Å². The van der Waals surface area contributed by atoms with Crippen LogP contribution in [0.15, 0.2) is 0 Å². The first-order chi connectivity index (χ1) is 7.15. The van der Waals surface area contributed by atoms with Crippen molar-refractivity contribution in [1.29, 1.82) is 0 Å². The lowest BCUT2D eigenvalue weighted by molar-refractivity contribution is -0.391. The maximum absolute atomic E-state index is 12.2. The standard InChI is InChI=1S/C4HF10O2P/c5-1(6)2(7,8)3(9,10)4(11,12)16-17(13,14)15/h1H. The summed E-state index contributed by atoms with van der Waals surface area (Å²) in [6.07, 6.45) is -12.0. The lowest BCUT2D eigenvalue weighted by atomic mass is 10.1. The molecule has 0 unspecified atom stereocenters. The molecule has 0 atom stereocenters. The topological polar surface area (TPSA) is 26.3 Å². The fourth-order valence-electron chi connectivity index (χ4n) is 0.522. The van der Waals surface area contributed by atoms with Crippen molar-refractivity contribution in [2.24, 2.45) is 0 Å². The smallest absolute Gasteiger partial charge is 0.218 e. The molecule has 0 aliphatic heterocycles. The SMILES string of the molecule is O=P(F)(F)OC(F)(F)C(F)(F)C(F)(F)C(F)F. The zero-order valence-electron chi connectivity index (χ0n) is 7.12. The summed E-state index contributed by atoms with van der Waals surface area (Å²) >= 11 is 0. The number of hydrogen-bond donors (Lipinski definition) is 0. The Kier molecular flexibility index (Phi) is 4.17. The van der Waals surface area contributed by atoms with Gasteiger partial charge in [0.2, 0.25) is 0 Å². The van der Waals surface area contributed by atoms with Crippen LogP contribution in [0.3, 0.4) is 0 Å². The zero-order chi connectivity index (χ0) is 14.3. The summed E-state index contributed by atoms with van der Waals surface area (Å²) in [6, 6.07) is 0. The molecule has 0 fully saturated rings. The summed E-state index contributed by atoms with van der Waals surface area (Å²) in [6.45, 7) is 0. The molecule has 0 aromatic heterocycles. The molecule has 0 bridgehead atoms. The first-order valence-electron chi connectivity index (χ1n) is 3.27. The molecule has 0 aliphatic carbocycles. The molecular formula is C4HF10O2P. The molecular weight excluding hydrogens is 301 g/mol. The second-order valence-corrected chi connectivity index (χ2v) is 3.53. The molecule has 2 nitrogen and oxygen atoms in total. The predicted octanol–water partition coefficient (Wildman–Crippen LogP) is 4.18. The van der Waals surface area contributed by atoms with Gasteiger partial charge >= 0.3 is 32.4 Å². The highest BCUT2D eigenvalue weighted by atomic mass is 31.2. The van der Waals surface area contributed by atoms with Crippen LogP contribution in [-0.4, -0.2) is 24.4 Å². The number of rotatable bonds is 5. The van der Waals surface area contributed by atoms with Crippen molar-refractivity contribution < 1.29 is 52.6 Å². The third-order valence-corrected chi connectivity index (χ3v) is 1.72. The zero-order valence-corrected chi connectivity index (χ0v) is 8.02. The predicted molar refractivity (Wildman–Crippen MR) is 31.8 cm³/mol. The molecule has 0 spiro atoms. The van der Waals surface area contributed by atoms with E-state index in [0.717, 1.165) is 0 Å². The molecule has 0 aromatic carbocycles. The molecule has 0 N–H and O–H groups in total. The lowest BCUT2D eigenvalue weighted by Gasteiger charge is -2.30. The van der Waals surface area contributed by atoms with Crippen molar-refractivity contribution in [3.63, 3.8) is 0 Å². The van der Waals surface area contributed by atoms with Crippen LogP contribution in [0.5, 0.6) is 0 Å². The third kappa shape index (κ3) is 3.24. The van der Waals surface area contributed by atoms with Gasteiger partial charge in [-0.15, -0.1) is 8.39 Å². The van der Waals surface area contributed by atoms with Crippen molar-refractivity contribution in [3.8, 4) is 0 Å². The highest BCUT2D eigenvalue weighted by Gasteiger charge is 2.78. The van der Waals surface area contributed by atoms with Gasteiger partial charge < -0.3 is 0 Å². The van der Waals surface area contributed by atoms with Gasteiger partial charge in [-0.05, 0) is 0 Å². The number of alkyl halides is 8. The molecule has 13 heteroatoms. The lowest BCUT2D eigenvalue weighted by Crippen LogP contribution is -2.58. The van der Waals surface area contributed by atoms with E-state index in [-0.39, 0.29) is 0 Å². The van der Waals surface area contributed by atoms with Gasteiger partial charge in [0, 0.05) is 0 Å². The Hall–Kier alpha value is -0.510. The maximum atomic E-state index is 12.2. The van der Waals surface area contributed by atoms with E-state index in [1.54, 1.807) is 4.52 Å². The summed E-state index contributed by atoms with van der Waals surface area (Å²) < 4.78 is 129. The number of halogens is 10. The largest absolute Gasteiger partial charge is 0.556 e. The van der Waals surface area contributed by atoms with Crippen molar-refractivity contribution in [3.05, 3.63) is 0 Å². The van der Waals surface area contributed by atoms with Crippen LogP contribution in [0.25, 0.3) is 0 Å². The van der Waals surface area contributed by atoms with Crippen molar-refractivity contribution in [2.75, 3.05) is 0 Å². The fraction of sp³-hybridized carbons (Fsp3) is 1.00. The van der Waals surface area contributed by atoms with Crippen LogP contribution in [0, 0.1) is 0 Å². The molecule has 0 aromatic rings. The molecule has 0 amide bonds. The molecule has 0 rings (SSSR count). The average molecular weight is 302 g/mol. The second-order valence-electron chi connectivity index (χ2n) is 2.52. The van der Waals surface area contributed by atoms with Crippen LogP contribution < -0.4 is 0 Å². The van der Waals surface area contributed by atoms with Gasteiger partial charge in [-0.3, -0.25) is 0 Å².